The van der Waals surface area contributed by atoms with E-state index in [4.69, 9.17) is 9.97 Å². The number of nitrogens with zero attached hydrogens (tertiary/aromatic N) is 2. The molecule has 0 fully saturated rings. The summed E-state index contributed by atoms with van der Waals surface area (Å²) in [5, 5.41) is 4.41. The zero-order valence-corrected chi connectivity index (χ0v) is 16.3. The van der Waals surface area contributed by atoms with Crippen molar-refractivity contribution in [1.82, 2.24) is 9.97 Å². The molecule has 3 nitrogen and oxygen atoms in total. The summed E-state index contributed by atoms with van der Waals surface area (Å²) in [6.45, 7) is 0. The summed E-state index contributed by atoms with van der Waals surface area (Å²) < 4.78 is 2.08. The number of halogens is 2. The molecular weight excluding hydrogens is 442 g/mol. The lowest BCUT2D eigenvalue weighted by Crippen LogP contribution is -1.99. The molecule has 0 atom stereocenters. The lowest BCUT2D eigenvalue weighted by molar-refractivity contribution is 1.22. The molecule has 0 aliphatic rings. The van der Waals surface area contributed by atoms with Gasteiger partial charge in [0, 0.05) is 25.6 Å². The standard InChI is InChI=1S/C20H13Br2N3/c21-14-7-5-13(6-8-14)19-24-18-4-2-1-3-17(18)20(25-19)23-16-11-9-15(22)10-12-16/h1-12H,(H,23,24,25). The Labute approximate surface area is 162 Å². The fourth-order valence-electron chi connectivity index (χ4n) is 2.57. The largest absolute Gasteiger partial charge is 0.340 e. The van der Waals surface area contributed by atoms with Crippen LogP contribution < -0.4 is 5.32 Å². The molecular formula is C20H13Br2N3. The Morgan fingerprint density at radius 3 is 2.04 bits per heavy atom. The monoisotopic (exact) mass is 453 g/mol. The van der Waals surface area contributed by atoms with Crippen LogP contribution in [0.3, 0.4) is 0 Å². The van der Waals surface area contributed by atoms with Gasteiger partial charge >= 0.3 is 0 Å². The zero-order valence-electron chi connectivity index (χ0n) is 13.1. The fourth-order valence-corrected chi connectivity index (χ4v) is 3.10. The van der Waals surface area contributed by atoms with Gasteiger partial charge in [-0.1, -0.05) is 56.1 Å². The van der Waals surface area contributed by atoms with Gasteiger partial charge in [-0.25, -0.2) is 9.97 Å². The number of hydrogen-bond donors (Lipinski definition) is 1. The van der Waals surface area contributed by atoms with E-state index in [1.165, 1.54) is 0 Å². The van der Waals surface area contributed by atoms with Crippen LogP contribution in [0.25, 0.3) is 22.3 Å². The van der Waals surface area contributed by atoms with Crippen LogP contribution in [0.4, 0.5) is 11.5 Å². The molecule has 4 aromatic rings. The van der Waals surface area contributed by atoms with Crippen molar-refractivity contribution < 1.29 is 0 Å². The minimum Gasteiger partial charge on any atom is -0.340 e. The molecule has 1 N–H and O–H groups in total. The molecule has 0 radical (unpaired) electrons. The molecule has 0 saturated carbocycles. The molecule has 0 amide bonds. The first-order valence-electron chi connectivity index (χ1n) is 7.74. The van der Waals surface area contributed by atoms with E-state index in [0.29, 0.717) is 5.82 Å². The van der Waals surface area contributed by atoms with Crippen LogP contribution in [0.2, 0.25) is 0 Å². The van der Waals surface area contributed by atoms with Crippen molar-refractivity contribution in [2.75, 3.05) is 5.32 Å². The van der Waals surface area contributed by atoms with Gasteiger partial charge in [-0.05, 0) is 48.5 Å². The molecule has 122 valence electrons. The van der Waals surface area contributed by atoms with Crippen molar-refractivity contribution >= 4 is 54.3 Å². The number of fused-ring (bicyclic) bond motifs is 1. The van der Waals surface area contributed by atoms with Crippen molar-refractivity contribution in [3.8, 4) is 11.4 Å². The zero-order chi connectivity index (χ0) is 17.2. The minimum atomic E-state index is 0.700. The molecule has 0 saturated heterocycles. The summed E-state index contributed by atoms with van der Waals surface area (Å²) in [4.78, 5) is 9.49. The van der Waals surface area contributed by atoms with E-state index in [1.54, 1.807) is 0 Å². The van der Waals surface area contributed by atoms with Gasteiger partial charge < -0.3 is 5.32 Å². The molecule has 0 aliphatic carbocycles. The number of hydrogen-bond acceptors (Lipinski definition) is 3. The second-order valence-electron chi connectivity index (χ2n) is 5.55. The van der Waals surface area contributed by atoms with Gasteiger partial charge in [-0.15, -0.1) is 0 Å². The maximum absolute atomic E-state index is 4.77. The van der Waals surface area contributed by atoms with Gasteiger partial charge in [0.2, 0.25) is 0 Å². The Kier molecular flexibility index (Phi) is 4.51. The fraction of sp³-hybridized carbons (Fsp3) is 0. The molecule has 1 heterocycles. The predicted molar refractivity (Wildman–Crippen MR) is 110 cm³/mol. The molecule has 0 bridgehead atoms. The maximum Gasteiger partial charge on any atom is 0.162 e. The van der Waals surface area contributed by atoms with Crippen LogP contribution in [-0.4, -0.2) is 9.97 Å². The van der Waals surface area contributed by atoms with Gasteiger partial charge in [-0.2, -0.15) is 0 Å². The number of nitrogens with one attached hydrogen (secondary N) is 1. The summed E-state index contributed by atoms with van der Waals surface area (Å²) in [6, 6.07) is 24.1. The first kappa shape index (κ1) is 16.2. The highest BCUT2D eigenvalue weighted by Crippen LogP contribution is 2.28. The SMILES string of the molecule is Brc1ccc(Nc2nc(-c3ccc(Br)cc3)nc3ccccc23)cc1. The Balaban J connectivity index is 1.83. The molecule has 0 unspecified atom stereocenters. The normalized spacial score (nSPS) is 10.8. The average molecular weight is 455 g/mol. The summed E-state index contributed by atoms with van der Waals surface area (Å²) in [5.41, 5.74) is 2.87. The van der Waals surface area contributed by atoms with E-state index in [1.807, 2.05) is 72.8 Å². The van der Waals surface area contributed by atoms with E-state index in [0.717, 1.165) is 36.9 Å². The highest BCUT2D eigenvalue weighted by Gasteiger charge is 2.09. The average Bonchev–Trinajstić information content (AvgIpc) is 2.64. The molecule has 4 rings (SSSR count). The number of benzene rings is 3. The lowest BCUT2D eigenvalue weighted by atomic mass is 10.2. The quantitative estimate of drug-likeness (QED) is 0.380. The van der Waals surface area contributed by atoms with Gasteiger partial charge in [0.25, 0.3) is 0 Å². The second kappa shape index (κ2) is 6.94. The van der Waals surface area contributed by atoms with Crippen molar-refractivity contribution in [1.29, 1.82) is 0 Å². The Morgan fingerprint density at radius 2 is 1.32 bits per heavy atom. The van der Waals surface area contributed by atoms with Crippen LogP contribution in [0.5, 0.6) is 0 Å². The van der Waals surface area contributed by atoms with Crippen molar-refractivity contribution in [2.24, 2.45) is 0 Å². The van der Waals surface area contributed by atoms with Gasteiger partial charge in [0.1, 0.15) is 5.82 Å². The third-order valence-corrected chi connectivity index (χ3v) is 4.87. The molecule has 5 heteroatoms. The van der Waals surface area contributed by atoms with Crippen LogP contribution >= 0.6 is 31.9 Å². The van der Waals surface area contributed by atoms with Crippen LogP contribution in [-0.2, 0) is 0 Å². The molecule has 0 aliphatic heterocycles. The van der Waals surface area contributed by atoms with Crippen molar-refractivity contribution in [2.45, 2.75) is 0 Å². The van der Waals surface area contributed by atoms with Gasteiger partial charge in [0.05, 0.1) is 5.52 Å². The van der Waals surface area contributed by atoms with Crippen LogP contribution in [0, 0.1) is 0 Å². The number of aromatic nitrogens is 2. The third kappa shape index (κ3) is 3.57. The highest BCUT2D eigenvalue weighted by molar-refractivity contribution is 9.10. The minimum absolute atomic E-state index is 0.700. The van der Waals surface area contributed by atoms with Crippen LogP contribution in [0.1, 0.15) is 0 Å². The molecule has 3 aromatic carbocycles. The van der Waals surface area contributed by atoms with E-state index in [2.05, 4.69) is 37.2 Å². The molecule has 25 heavy (non-hydrogen) atoms. The summed E-state index contributed by atoms with van der Waals surface area (Å²) in [7, 11) is 0. The maximum atomic E-state index is 4.77. The van der Waals surface area contributed by atoms with Gasteiger partial charge in [0.15, 0.2) is 5.82 Å². The van der Waals surface area contributed by atoms with Crippen molar-refractivity contribution in [3.63, 3.8) is 0 Å². The van der Waals surface area contributed by atoms with E-state index in [9.17, 15) is 0 Å². The third-order valence-electron chi connectivity index (χ3n) is 3.81. The first-order valence-corrected chi connectivity index (χ1v) is 9.33. The number of anilines is 2. The van der Waals surface area contributed by atoms with E-state index >= 15 is 0 Å². The summed E-state index contributed by atoms with van der Waals surface area (Å²) >= 11 is 6.93. The Bertz CT molecular complexity index is 1030. The molecule has 1 aromatic heterocycles. The summed E-state index contributed by atoms with van der Waals surface area (Å²) in [6.07, 6.45) is 0. The van der Waals surface area contributed by atoms with Gasteiger partial charge in [-0.3, -0.25) is 0 Å². The predicted octanol–water partition coefficient (Wildman–Crippen LogP) is 6.57. The van der Waals surface area contributed by atoms with Crippen molar-refractivity contribution in [3.05, 3.63) is 81.7 Å². The number of para-hydroxylation sites is 1. The smallest absolute Gasteiger partial charge is 0.162 e. The summed E-state index contributed by atoms with van der Waals surface area (Å²) in [5.74, 6) is 1.50. The van der Waals surface area contributed by atoms with Crippen LogP contribution in [0.15, 0.2) is 81.7 Å². The Morgan fingerprint density at radius 1 is 0.680 bits per heavy atom. The first-order chi connectivity index (χ1) is 12.2. The Hall–Kier alpha value is -2.24. The number of rotatable bonds is 3. The second-order valence-corrected chi connectivity index (χ2v) is 7.38. The topological polar surface area (TPSA) is 37.8 Å². The molecule has 0 spiro atoms. The lowest BCUT2D eigenvalue weighted by Gasteiger charge is -2.11. The highest BCUT2D eigenvalue weighted by atomic mass is 79.9. The van der Waals surface area contributed by atoms with E-state index in [-0.39, 0.29) is 0 Å². The van der Waals surface area contributed by atoms with E-state index < -0.39 is 0 Å².